The maximum Gasteiger partial charge on any atom is 0.340 e. The van der Waals surface area contributed by atoms with Gasteiger partial charge in [0.2, 0.25) is 6.10 Å². The minimum atomic E-state index is -1.12. The normalized spacial score (nSPS) is 11.7. The van der Waals surface area contributed by atoms with Crippen LogP contribution in [0.5, 0.6) is 0 Å². The number of carbonyl (C=O) groups excluding carboxylic acids is 2. The highest BCUT2D eigenvalue weighted by Crippen LogP contribution is 2.26. The van der Waals surface area contributed by atoms with Crippen LogP contribution < -0.4 is 5.32 Å². The van der Waals surface area contributed by atoms with E-state index in [0.29, 0.717) is 16.8 Å². The molecule has 0 aliphatic carbocycles. The number of ether oxygens (including phenoxy) is 1. The number of halogens is 1. The number of rotatable bonds is 5. The van der Waals surface area contributed by atoms with E-state index in [4.69, 9.17) is 4.74 Å². The Morgan fingerprint density at radius 1 is 1.04 bits per heavy atom. The number of thiophene rings is 1. The van der Waals surface area contributed by atoms with Crippen LogP contribution >= 0.6 is 11.3 Å². The largest absolute Gasteiger partial charge is 0.444 e. The summed E-state index contributed by atoms with van der Waals surface area (Å²) < 4.78 is 18.6. The fourth-order valence-corrected chi connectivity index (χ4v) is 3.56. The second kappa shape index (κ2) is 8.14. The van der Waals surface area contributed by atoms with E-state index in [0.717, 1.165) is 9.75 Å². The van der Waals surface area contributed by atoms with Crippen LogP contribution in [0.2, 0.25) is 0 Å². The highest BCUT2D eigenvalue weighted by molar-refractivity contribution is 7.12. The zero-order valence-electron chi connectivity index (χ0n) is 14.9. The second-order valence-corrected chi connectivity index (χ2v) is 7.48. The van der Waals surface area contributed by atoms with Crippen molar-refractivity contribution in [1.29, 1.82) is 0 Å². The summed E-state index contributed by atoms with van der Waals surface area (Å²) in [5.74, 6) is -1.46. The Kier molecular flexibility index (Phi) is 5.66. The molecule has 138 valence electrons. The molecule has 0 aliphatic rings. The first kappa shape index (κ1) is 18.8. The number of benzene rings is 2. The molecule has 1 heterocycles. The van der Waals surface area contributed by atoms with E-state index in [1.165, 1.54) is 35.6 Å². The van der Waals surface area contributed by atoms with E-state index in [9.17, 15) is 14.0 Å². The lowest BCUT2D eigenvalue weighted by molar-refractivity contribution is -0.125. The van der Waals surface area contributed by atoms with Gasteiger partial charge < -0.3 is 10.1 Å². The number of nitrogens with one attached hydrogen (secondary N) is 1. The average molecular weight is 383 g/mol. The molecule has 0 saturated heterocycles. The Morgan fingerprint density at radius 3 is 2.30 bits per heavy atom. The van der Waals surface area contributed by atoms with Gasteiger partial charge in [-0.2, -0.15) is 0 Å². The van der Waals surface area contributed by atoms with Crippen LogP contribution in [0.4, 0.5) is 10.1 Å². The van der Waals surface area contributed by atoms with Crippen molar-refractivity contribution in [2.45, 2.75) is 20.0 Å². The van der Waals surface area contributed by atoms with Crippen molar-refractivity contribution < 1.29 is 18.7 Å². The van der Waals surface area contributed by atoms with Gasteiger partial charge in [-0.25, -0.2) is 9.18 Å². The predicted molar refractivity (Wildman–Crippen MR) is 103 cm³/mol. The minimum Gasteiger partial charge on any atom is -0.444 e. The van der Waals surface area contributed by atoms with E-state index in [1.807, 2.05) is 19.9 Å². The molecule has 0 fully saturated rings. The average Bonchev–Trinajstić information content (AvgIpc) is 3.00. The summed E-state index contributed by atoms with van der Waals surface area (Å²) >= 11 is 1.50. The molecule has 3 aromatic rings. The van der Waals surface area contributed by atoms with E-state index in [-0.39, 0.29) is 0 Å². The Bertz CT molecular complexity index is 951. The molecule has 6 heteroatoms. The predicted octanol–water partition coefficient (Wildman–Crippen LogP) is 5.04. The highest BCUT2D eigenvalue weighted by Gasteiger charge is 2.27. The van der Waals surface area contributed by atoms with Gasteiger partial charge in [0.15, 0.2) is 0 Å². The van der Waals surface area contributed by atoms with Gasteiger partial charge in [-0.1, -0.05) is 30.3 Å². The number of hydrogen-bond acceptors (Lipinski definition) is 4. The molecule has 27 heavy (non-hydrogen) atoms. The van der Waals surface area contributed by atoms with Crippen LogP contribution in [-0.4, -0.2) is 11.9 Å². The van der Waals surface area contributed by atoms with E-state index in [2.05, 4.69) is 5.32 Å². The van der Waals surface area contributed by atoms with Crippen molar-refractivity contribution in [3.8, 4) is 0 Å². The van der Waals surface area contributed by atoms with Crippen LogP contribution in [-0.2, 0) is 9.53 Å². The van der Waals surface area contributed by atoms with Gasteiger partial charge in [0.1, 0.15) is 5.82 Å². The van der Waals surface area contributed by atoms with Crippen molar-refractivity contribution in [3.63, 3.8) is 0 Å². The molecule has 0 spiro atoms. The lowest BCUT2D eigenvalue weighted by Gasteiger charge is -2.18. The van der Waals surface area contributed by atoms with E-state index < -0.39 is 23.8 Å². The van der Waals surface area contributed by atoms with Crippen LogP contribution in [0.3, 0.4) is 0 Å². The molecule has 1 N–H and O–H groups in total. The smallest absolute Gasteiger partial charge is 0.340 e. The fourth-order valence-electron chi connectivity index (χ4n) is 2.65. The van der Waals surface area contributed by atoms with Crippen LogP contribution in [0, 0.1) is 19.7 Å². The SMILES string of the molecule is Cc1cc(C(=O)O[C@H](C(=O)Nc2ccc(F)cc2)c2ccccc2)c(C)s1. The van der Waals surface area contributed by atoms with Gasteiger partial charge >= 0.3 is 5.97 Å². The Morgan fingerprint density at radius 2 is 1.70 bits per heavy atom. The van der Waals surface area contributed by atoms with Gasteiger partial charge in [0.25, 0.3) is 5.91 Å². The molecule has 0 aliphatic heterocycles. The monoisotopic (exact) mass is 383 g/mol. The lowest BCUT2D eigenvalue weighted by Crippen LogP contribution is -2.26. The van der Waals surface area contributed by atoms with Crippen molar-refractivity contribution in [2.24, 2.45) is 0 Å². The number of hydrogen-bond donors (Lipinski definition) is 1. The summed E-state index contributed by atoms with van der Waals surface area (Å²) in [5, 5.41) is 2.66. The third kappa shape index (κ3) is 4.60. The molecule has 0 saturated carbocycles. The number of anilines is 1. The molecular formula is C21H18FNO3S. The van der Waals surface area contributed by atoms with Crippen molar-refractivity contribution >= 4 is 28.9 Å². The van der Waals surface area contributed by atoms with Gasteiger partial charge in [-0.3, -0.25) is 4.79 Å². The van der Waals surface area contributed by atoms with E-state index in [1.54, 1.807) is 30.3 Å². The maximum atomic E-state index is 13.1. The zero-order valence-corrected chi connectivity index (χ0v) is 15.7. The number of esters is 1. The second-order valence-electron chi connectivity index (χ2n) is 6.02. The summed E-state index contributed by atoms with van der Waals surface area (Å²) in [6.45, 7) is 3.74. The van der Waals surface area contributed by atoms with Gasteiger partial charge in [0.05, 0.1) is 5.56 Å². The van der Waals surface area contributed by atoms with Crippen LogP contribution in [0.25, 0.3) is 0 Å². The topological polar surface area (TPSA) is 55.4 Å². The third-order valence-electron chi connectivity index (χ3n) is 3.94. The molecule has 2 aromatic carbocycles. The molecule has 0 unspecified atom stereocenters. The molecule has 3 rings (SSSR count). The first-order valence-corrected chi connectivity index (χ1v) is 9.15. The fraction of sp³-hybridized carbons (Fsp3) is 0.143. The minimum absolute atomic E-state index is 0.401. The zero-order chi connectivity index (χ0) is 19.4. The summed E-state index contributed by atoms with van der Waals surface area (Å²) in [6.07, 6.45) is -1.12. The van der Waals surface area contributed by atoms with E-state index >= 15 is 0 Å². The number of amides is 1. The van der Waals surface area contributed by atoms with Crippen molar-refractivity contribution in [2.75, 3.05) is 5.32 Å². The Balaban J connectivity index is 1.84. The Hall–Kier alpha value is -2.99. The summed E-state index contributed by atoms with van der Waals surface area (Å²) in [7, 11) is 0. The Labute approximate surface area is 160 Å². The molecule has 4 nitrogen and oxygen atoms in total. The molecule has 1 amide bonds. The molecule has 1 aromatic heterocycles. The number of carbonyl (C=O) groups is 2. The van der Waals surface area contributed by atoms with Gasteiger partial charge in [-0.05, 0) is 44.2 Å². The molecule has 0 radical (unpaired) electrons. The quantitative estimate of drug-likeness (QED) is 0.628. The summed E-state index contributed by atoms with van der Waals surface area (Å²) in [6, 6.07) is 15.9. The van der Waals surface area contributed by atoms with Gasteiger partial charge in [-0.15, -0.1) is 11.3 Å². The summed E-state index contributed by atoms with van der Waals surface area (Å²) in [4.78, 5) is 27.2. The molecular weight excluding hydrogens is 365 g/mol. The molecule has 0 bridgehead atoms. The highest BCUT2D eigenvalue weighted by atomic mass is 32.1. The first-order chi connectivity index (χ1) is 12.9. The van der Waals surface area contributed by atoms with Crippen molar-refractivity contribution in [3.05, 3.63) is 87.4 Å². The lowest BCUT2D eigenvalue weighted by atomic mass is 10.1. The van der Waals surface area contributed by atoms with Crippen LogP contribution in [0.15, 0.2) is 60.7 Å². The van der Waals surface area contributed by atoms with Gasteiger partial charge in [0, 0.05) is 21.0 Å². The standard InChI is InChI=1S/C21H18FNO3S/c1-13-12-18(14(2)27-13)21(25)26-19(15-6-4-3-5-7-15)20(24)23-17-10-8-16(22)9-11-17/h3-12,19H,1-2H3,(H,23,24)/t19-/m0/s1. The first-order valence-electron chi connectivity index (χ1n) is 8.33. The number of aryl methyl sites for hydroxylation is 2. The third-order valence-corrected chi connectivity index (χ3v) is 4.90. The van der Waals surface area contributed by atoms with Crippen molar-refractivity contribution in [1.82, 2.24) is 0 Å². The maximum absolute atomic E-state index is 13.1. The summed E-state index contributed by atoms with van der Waals surface area (Å²) in [5.41, 5.74) is 1.42. The van der Waals surface area contributed by atoms with Crippen LogP contribution in [0.1, 0.15) is 31.8 Å². The molecule has 1 atom stereocenters.